The van der Waals surface area contributed by atoms with Crippen molar-refractivity contribution in [1.29, 1.82) is 0 Å². The molecule has 0 amide bonds. The maximum Gasteiger partial charge on any atom is 0.355 e. The summed E-state index contributed by atoms with van der Waals surface area (Å²) < 4.78 is 6.38. The van der Waals surface area contributed by atoms with Crippen LogP contribution in [0.15, 0.2) is 12.1 Å². The summed E-state index contributed by atoms with van der Waals surface area (Å²) in [5.41, 5.74) is 2.22. The van der Waals surface area contributed by atoms with E-state index in [2.05, 4.69) is 19.9 Å². The number of aryl methyl sites for hydroxylation is 1. The molecule has 0 spiro atoms. The number of nitrogens with zero attached hydrogens (tertiary/aromatic N) is 1. The minimum Gasteiger partial charge on any atom is -0.464 e. The first-order chi connectivity index (χ1) is 12.6. The van der Waals surface area contributed by atoms with E-state index in [0.717, 1.165) is 43.4 Å². The van der Waals surface area contributed by atoms with Crippen LogP contribution in [0.25, 0.3) is 6.08 Å². The van der Waals surface area contributed by atoms with Gasteiger partial charge in [0.2, 0.25) is 5.91 Å². The van der Waals surface area contributed by atoms with E-state index < -0.39 is 5.97 Å². The minimum absolute atomic E-state index is 0.157. The molecule has 0 saturated carbocycles. The molecule has 0 saturated heterocycles. The third-order valence-electron chi connectivity index (χ3n) is 4.63. The van der Waals surface area contributed by atoms with Crippen molar-refractivity contribution >= 4 is 18.0 Å². The maximum atomic E-state index is 12.2. The quantitative estimate of drug-likeness (QED) is 0.337. The monoisotopic (exact) mass is 361 g/mol. The first-order valence-corrected chi connectivity index (χ1v) is 10.1. The molecule has 1 rings (SSSR count). The molecule has 26 heavy (non-hydrogen) atoms. The summed E-state index contributed by atoms with van der Waals surface area (Å²) in [7, 11) is 1.35. The second kappa shape index (κ2) is 12.5. The van der Waals surface area contributed by atoms with E-state index in [1.165, 1.54) is 50.7 Å². The lowest BCUT2D eigenvalue weighted by atomic mass is 10.1. The molecular formula is C22H35NO3. The Labute approximate surface area is 158 Å². The average molecular weight is 362 g/mol. The molecule has 4 nitrogen and oxygen atoms in total. The van der Waals surface area contributed by atoms with Gasteiger partial charge in [0.05, 0.1) is 12.8 Å². The zero-order valence-corrected chi connectivity index (χ0v) is 17.0. The molecule has 146 valence electrons. The van der Waals surface area contributed by atoms with Gasteiger partial charge in [-0.1, -0.05) is 58.4 Å². The molecule has 0 aliphatic carbocycles. The third-order valence-corrected chi connectivity index (χ3v) is 4.63. The van der Waals surface area contributed by atoms with Crippen molar-refractivity contribution in [2.75, 3.05) is 7.11 Å². The summed E-state index contributed by atoms with van der Waals surface area (Å²) in [6, 6.07) is 1.83. The molecular weight excluding hydrogens is 326 g/mol. The summed E-state index contributed by atoms with van der Waals surface area (Å²) in [5.74, 6) is -0.617. The van der Waals surface area contributed by atoms with Gasteiger partial charge >= 0.3 is 5.97 Å². The summed E-state index contributed by atoms with van der Waals surface area (Å²) in [6.07, 6.45) is 15.5. The smallest absolute Gasteiger partial charge is 0.355 e. The highest BCUT2D eigenvalue weighted by molar-refractivity contribution is 5.95. The number of aromatic nitrogens is 1. The highest BCUT2D eigenvalue weighted by atomic mass is 16.5. The van der Waals surface area contributed by atoms with E-state index in [-0.39, 0.29) is 5.91 Å². The van der Waals surface area contributed by atoms with Crippen molar-refractivity contribution in [1.82, 2.24) is 4.57 Å². The molecule has 1 aromatic rings. The van der Waals surface area contributed by atoms with Crippen molar-refractivity contribution in [3.05, 3.63) is 29.1 Å². The Bertz CT molecular complexity index is 599. The van der Waals surface area contributed by atoms with Crippen molar-refractivity contribution in [2.45, 2.75) is 85.0 Å². The van der Waals surface area contributed by atoms with Gasteiger partial charge in [-0.2, -0.15) is 0 Å². The SMILES string of the molecule is CCCCCC/C=C/c1c(CCCCCC)cc(C(=O)OC)n1C(C)=O. The van der Waals surface area contributed by atoms with E-state index in [0.29, 0.717) is 5.69 Å². The van der Waals surface area contributed by atoms with Crippen LogP contribution in [0.1, 0.15) is 105 Å². The Kier molecular flexibility index (Phi) is 10.7. The van der Waals surface area contributed by atoms with Crippen LogP contribution in [0.4, 0.5) is 0 Å². The molecule has 0 aliphatic heterocycles. The molecule has 0 radical (unpaired) electrons. The standard InChI is InChI=1S/C22H35NO3/c1-5-7-9-11-12-14-16-20-19(15-13-10-8-6-2)17-21(22(25)26-4)23(20)18(3)24/h14,16-17H,5-13,15H2,1-4H3/b16-14+. The van der Waals surface area contributed by atoms with Crippen LogP contribution < -0.4 is 0 Å². The van der Waals surface area contributed by atoms with Crippen LogP contribution in [0.5, 0.6) is 0 Å². The predicted octanol–water partition coefficient (Wildman–Crippen LogP) is 6.04. The van der Waals surface area contributed by atoms with Gasteiger partial charge < -0.3 is 4.74 Å². The first-order valence-electron chi connectivity index (χ1n) is 10.1. The molecule has 1 heterocycles. The summed E-state index contributed by atoms with van der Waals surface area (Å²) in [6.45, 7) is 5.88. The van der Waals surface area contributed by atoms with Crippen LogP contribution >= 0.6 is 0 Å². The van der Waals surface area contributed by atoms with Gasteiger partial charge in [0, 0.05) is 6.92 Å². The number of carbonyl (C=O) groups excluding carboxylic acids is 2. The molecule has 0 atom stereocenters. The molecule has 4 heteroatoms. The Morgan fingerprint density at radius 2 is 1.69 bits per heavy atom. The van der Waals surface area contributed by atoms with Gasteiger partial charge in [-0.15, -0.1) is 0 Å². The van der Waals surface area contributed by atoms with Crippen LogP contribution in [-0.2, 0) is 11.2 Å². The van der Waals surface area contributed by atoms with Gasteiger partial charge in [0.15, 0.2) is 0 Å². The normalized spacial score (nSPS) is 11.2. The average Bonchev–Trinajstić information content (AvgIpc) is 2.99. The van der Waals surface area contributed by atoms with E-state index in [1.807, 2.05) is 12.1 Å². The predicted molar refractivity (Wildman–Crippen MR) is 108 cm³/mol. The molecule has 0 bridgehead atoms. The Balaban J connectivity index is 3.02. The summed E-state index contributed by atoms with van der Waals surface area (Å²) in [5, 5.41) is 0. The van der Waals surface area contributed by atoms with E-state index in [9.17, 15) is 9.59 Å². The van der Waals surface area contributed by atoms with Crippen molar-refractivity contribution in [2.24, 2.45) is 0 Å². The fourth-order valence-electron chi connectivity index (χ4n) is 3.18. The van der Waals surface area contributed by atoms with Gasteiger partial charge in [0.1, 0.15) is 5.69 Å². The van der Waals surface area contributed by atoms with Crippen LogP contribution in [0.3, 0.4) is 0 Å². The first kappa shape index (κ1) is 22.2. The summed E-state index contributed by atoms with van der Waals surface area (Å²) in [4.78, 5) is 24.3. The highest BCUT2D eigenvalue weighted by Gasteiger charge is 2.21. The fraction of sp³-hybridized carbons (Fsp3) is 0.636. The van der Waals surface area contributed by atoms with Crippen LogP contribution in [0, 0.1) is 0 Å². The maximum absolute atomic E-state index is 12.2. The zero-order valence-electron chi connectivity index (χ0n) is 17.0. The van der Waals surface area contributed by atoms with Crippen molar-refractivity contribution in [3.63, 3.8) is 0 Å². The van der Waals surface area contributed by atoms with Crippen molar-refractivity contribution < 1.29 is 14.3 Å². The lowest BCUT2D eigenvalue weighted by Crippen LogP contribution is -2.16. The molecule has 0 N–H and O–H groups in total. The lowest BCUT2D eigenvalue weighted by molar-refractivity contribution is 0.0582. The number of ether oxygens (including phenoxy) is 1. The summed E-state index contributed by atoms with van der Waals surface area (Å²) >= 11 is 0. The number of rotatable bonds is 12. The molecule has 0 fully saturated rings. The van der Waals surface area contributed by atoms with Crippen LogP contribution in [0.2, 0.25) is 0 Å². The number of unbranched alkanes of at least 4 members (excludes halogenated alkanes) is 7. The number of hydrogen-bond acceptors (Lipinski definition) is 3. The van der Waals surface area contributed by atoms with Crippen LogP contribution in [-0.4, -0.2) is 23.6 Å². The number of allylic oxidation sites excluding steroid dienone is 1. The largest absolute Gasteiger partial charge is 0.464 e. The van der Waals surface area contributed by atoms with Gasteiger partial charge in [-0.05, 0) is 43.4 Å². The molecule has 0 aromatic carbocycles. The zero-order chi connectivity index (χ0) is 19.4. The number of hydrogen-bond donors (Lipinski definition) is 0. The fourth-order valence-corrected chi connectivity index (χ4v) is 3.18. The Morgan fingerprint density at radius 3 is 2.27 bits per heavy atom. The van der Waals surface area contributed by atoms with E-state index in [1.54, 1.807) is 0 Å². The van der Waals surface area contributed by atoms with Crippen molar-refractivity contribution in [3.8, 4) is 0 Å². The highest BCUT2D eigenvalue weighted by Crippen LogP contribution is 2.22. The molecule has 0 aliphatic rings. The number of carbonyl (C=O) groups is 2. The lowest BCUT2D eigenvalue weighted by Gasteiger charge is -2.07. The van der Waals surface area contributed by atoms with E-state index in [4.69, 9.17) is 4.74 Å². The molecule has 1 aromatic heterocycles. The van der Waals surface area contributed by atoms with Gasteiger partial charge in [0.25, 0.3) is 0 Å². The minimum atomic E-state index is -0.461. The number of esters is 1. The number of methoxy groups -OCH3 is 1. The second-order valence-corrected chi connectivity index (χ2v) is 6.85. The third kappa shape index (κ3) is 6.81. The van der Waals surface area contributed by atoms with Gasteiger partial charge in [-0.25, -0.2) is 4.79 Å². The van der Waals surface area contributed by atoms with E-state index >= 15 is 0 Å². The Morgan fingerprint density at radius 1 is 1.04 bits per heavy atom. The molecule has 0 unspecified atom stereocenters. The topological polar surface area (TPSA) is 48.3 Å². The van der Waals surface area contributed by atoms with Gasteiger partial charge in [-0.3, -0.25) is 9.36 Å². The Hall–Kier alpha value is -1.84. The second-order valence-electron chi connectivity index (χ2n) is 6.85.